The second-order valence-electron chi connectivity index (χ2n) is 3.23. The number of hydrogen-bond acceptors (Lipinski definition) is 4. The molecule has 0 atom stereocenters. The molecule has 0 aliphatic carbocycles. The van der Waals surface area contributed by atoms with Crippen molar-refractivity contribution in [2.24, 2.45) is 0 Å². The van der Waals surface area contributed by atoms with Crippen LogP contribution in [0.4, 0.5) is 0 Å². The number of nitrogens with zero attached hydrogens (tertiary/aromatic N) is 1. The maximum atomic E-state index is 11.2. The number of hydrogen-bond donors (Lipinski definition) is 2. The van der Waals surface area contributed by atoms with Gasteiger partial charge in [-0.2, -0.15) is 0 Å². The van der Waals surface area contributed by atoms with Crippen molar-refractivity contribution in [3.8, 4) is 0 Å². The summed E-state index contributed by atoms with van der Waals surface area (Å²) in [6.07, 6.45) is 4.55. The Morgan fingerprint density at radius 3 is 2.56 bits per heavy atom. The summed E-state index contributed by atoms with van der Waals surface area (Å²) in [7, 11) is 1.21. The minimum absolute atomic E-state index is 0.254. The molecule has 0 heterocycles. The van der Waals surface area contributed by atoms with Crippen molar-refractivity contribution in [1.82, 2.24) is 5.06 Å². The molecule has 0 unspecified atom stereocenters. The van der Waals surface area contributed by atoms with Gasteiger partial charge in [0.15, 0.2) is 0 Å². The third kappa shape index (κ3) is 6.97. The predicted octanol–water partition coefficient (Wildman–Crippen LogP) is -0.654. The van der Waals surface area contributed by atoms with Gasteiger partial charge >= 0.3 is 5.97 Å². The lowest BCUT2D eigenvalue weighted by Crippen LogP contribution is -2.50. The van der Waals surface area contributed by atoms with Gasteiger partial charge in [0.1, 0.15) is 0 Å². The topological polar surface area (TPSA) is 94.5 Å². The highest BCUT2D eigenvalue weighted by Crippen LogP contribution is 1.96. The Morgan fingerprint density at radius 1 is 1.31 bits per heavy atom. The number of amides is 1. The Balaban J connectivity index is 3.81. The van der Waals surface area contributed by atoms with Gasteiger partial charge in [-0.3, -0.25) is 10.0 Å². The van der Waals surface area contributed by atoms with Crippen molar-refractivity contribution in [2.75, 3.05) is 20.2 Å². The predicted molar refractivity (Wildman–Crippen MR) is 56.3 cm³/mol. The number of ether oxygens (including phenoxy) is 1. The Bertz CT molecular complexity index is 253. The lowest BCUT2D eigenvalue weighted by molar-refractivity contribution is -0.368. The van der Waals surface area contributed by atoms with E-state index in [2.05, 4.69) is 10.5 Å². The van der Waals surface area contributed by atoms with E-state index in [1.165, 1.54) is 7.11 Å². The molecule has 16 heavy (non-hydrogen) atoms. The number of hydroxylamine groups is 2. The van der Waals surface area contributed by atoms with Gasteiger partial charge < -0.3 is 10.5 Å². The van der Waals surface area contributed by atoms with Crippen LogP contribution in [-0.2, 0) is 14.3 Å². The molecule has 0 saturated carbocycles. The Hall–Kier alpha value is -1.40. The zero-order chi connectivity index (χ0) is 12.4. The summed E-state index contributed by atoms with van der Waals surface area (Å²) >= 11 is 0. The molecule has 0 aliphatic heterocycles. The molecule has 0 fully saturated rings. The highest BCUT2D eigenvalue weighted by molar-refractivity contribution is 5.93. The molecule has 0 spiro atoms. The van der Waals surface area contributed by atoms with E-state index in [4.69, 9.17) is 0 Å². The van der Waals surface area contributed by atoms with Crippen molar-refractivity contribution in [2.45, 2.75) is 19.3 Å². The molecule has 0 rings (SSSR count). The monoisotopic (exact) mass is 231 g/mol. The van der Waals surface area contributed by atoms with Gasteiger partial charge in [-0.25, -0.2) is 9.86 Å². The number of carbonyl (C=O) groups excluding carboxylic acids is 2. The first kappa shape index (κ1) is 14.6. The zero-order valence-corrected chi connectivity index (χ0v) is 9.52. The zero-order valence-electron chi connectivity index (χ0n) is 9.52. The number of rotatable bonds is 7. The molecular weight excluding hydrogens is 212 g/mol. The highest BCUT2D eigenvalue weighted by Gasteiger charge is 2.07. The second-order valence-corrected chi connectivity index (χ2v) is 3.23. The molecule has 0 aromatic carbocycles. The first-order valence-corrected chi connectivity index (χ1v) is 5.17. The van der Waals surface area contributed by atoms with Crippen LogP contribution in [0, 0.1) is 0 Å². The van der Waals surface area contributed by atoms with Gasteiger partial charge in [0.25, 0.3) is 5.91 Å². The van der Waals surface area contributed by atoms with Crippen molar-refractivity contribution in [1.29, 1.82) is 0 Å². The van der Waals surface area contributed by atoms with Gasteiger partial charge in [0, 0.05) is 18.7 Å². The maximum absolute atomic E-state index is 11.2. The first-order chi connectivity index (χ1) is 7.61. The largest absolute Gasteiger partial charge is 0.466 e. The molecule has 1 amide bonds. The lowest BCUT2D eigenvalue weighted by Gasteiger charge is -2.11. The lowest BCUT2D eigenvalue weighted by atomic mass is 10.2. The molecule has 6 nitrogen and oxygen atoms in total. The van der Waals surface area contributed by atoms with Crippen molar-refractivity contribution in [3.05, 3.63) is 12.2 Å². The number of unbranched alkanes of at least 4 members (excludes halogenated alkanes) is 2. The molecule has 4 N–H and O–H groups in total. The fourth-order valence-electron chi connectivity index (χ4n) is 1.02. The Morgan fingerprint density at radius 2 is 2.00 bits per heavy atom. The normalized spacial score (nSPS) is 10.4. The van der Waals surface area contributed by atoms with E-state index in [0.29, 0.717) is 11.5 Å². The first-order valence-electron chi connectivity index (χ1n) is 5.17. The molecule has 0 aliphatic rings. The van der Waals surface area contributed by atoms with E-state index in [0.717, 1.165) is 31.5 Å². The average Bonchev–Trinajstić information content (AvgIpc) is 2.30. The number of quaternary nitrogens is 1. The average molecular weight is 231 g/mol. The smallest absolute Gasteiger partial charge is 0.330 e. The summed E-state index contributed by atoms with van der Waals surface area (Å²) in [5.74, 6) is -1.25. The molecule has 0 radical (unpaired) electrons. The van der Waals surface area contributed by atoms with Crippen LogP contribution in [0.3, 0.4) is 0 Å². The van der Waals surface area contributed by atoms with Crippen molar-refractivity contribution < 1.29 is 25.3 Å². The molecule has 0 bridgehead atoms. The fraction of sp³-hybridized carbons (Fsp3) is 0.600. The van der Waals surface area contributed by atoms with Crippen LogP contribution in [0.2, 0.25) is 0 Å². The van der Waals surface area contributed by atoms with Crippen molar-refractivity contribution in [3.63, 3.8) is 0 Å². The van der Waals surface area contributed by atoms with Gasteiger partial charge in [0.2, 0.25) is 0 Å². The van der Waals surface area contributed by atoms with E-state index in [-0.39, 0.29) is 6.54 Å². The third-order valence-corrected chi connectivity index (χ3v) is 1.94. The molecule has 0 saturated heterocycles. The number of carbonyl (C=O) groups is 2. The Kier molecular flexibility index (Phi) is 8.10. The van der Waals surface area contributed by atoms with E-state index < -0.39 is 11.9 Å². The number of esters is 1. The van der Waals surface area contributed by atoms with Crippen LogP contribution in [0.5, 0.6) is 0 Å². The summed E-state index contributed by atoms with van der Waals surface area (Å²) < 4.78 is 4.31. The van der Waals surface area contributed by atoms with Crippen LogP contribution in [0.15, 0.2) is 12.2 Å². The second kappa shape index (κ2) is 8.87. The van der Waals surface area contributed by atoms with Crippen LogP contribution in [0.1, 0.15) is 19.3 Å². The van der Waals surface area contributed by atoms with Gasteiger partial charge in [-0.15, -0.1) is 0 Å². The molecule has 0 aromatic rings. The van der Waals surface area contributed by atoms with Gasteiger partial charge in [0.05, 0.1) is 13.7 Å². The van der Waals surface area contributed by atoms with E-state index >= 15 is 0 Å². The summed E-state index contributed by atoms with van der Waals surface area (Å²) in [6, 6.07) is 0. The number of methoxy groups -OCH3 is 1. The third-order valence-electron chi connectivity index (χ3n) is 1.94. The van der Waals surface area contributed by atoms with Gasteiger partial charge in [-0.05, 0) is 19.3 Å². The highest BCUT2D eigenvalue weighted by atomic mass is 16.5. The molecule has 6 heteroatoms. The fourth-order valence-corrected chi connectivity index (χ4v) is 1.02. The minimum Gasteiger partial charge on any atom is -0.466 e. The molecule has 0 aromatic heterocycles. The quantitative estimate of drug-likeness (QED) is 0.200. The summed E-state index contributed by atoms with van der Waals surface area (Å²) in [5.41, 5.74) is 3.69. The molecular formula is C10H19N2O4+. The van der Waals surface area contributed by atoms with Crippen LogP contribution in [0.25, 0.3) is 0 Å². The van der Waals surface area contributed by atoms with E-state index in [9.17, 15) is 14.8 Å². The Labute approximate surface area is 94.6 Å². The summed E-state index contributed by atoms with van der Waals surface area (Å²) in [6.45, 7) is 1.10. The van der Waals surface area contributed by atoms with E-state index in [1.54, 1.807) is 0 Å². The van der Waals surface area contributed by atoms with Crippen LogP contribution < -0.4 is 5.73 Å². The maximum Gasteiger partial charge on any atom is 0.330 e. The summed E-state index contributed by atoms with van der Waals surface area (Å²) in [4.78, 5) is 21.9. The standard InChI is InChI=1S/C10H18N2O4/c1-16-10(14)6-5-9(13)12(15)8-4-2-3-7-11/h5-6,15H,2-4,7-8,11H2,1H3/p+1/b6-5+. The summed E-state index contributed by atoms with van der Waals surface area (Å²) in [5, 5.41) is 9.85. The minimum atomic E-state index is -0.626. The van der Waals surface area contributed by atoms with Crippen LogP contribution >= 0.6 is 0 Å². The van der Waals surface area contributed by atoms with Gasteiger partial charge in [-0.1, -0.05) is 0 Å². The van der Waals surface area contributed by atoms with E-state index in [1.807, 2.05) is 0 Å². The van der Waals surface area contributed by atoms with Crippen LogP contribution in [-0.4, -0.2) is 42.3 Å². The molecule has 92 valence electrons. The SMILES string of the molecule is COC(=O)/C=C/C(=O)N(O)CCCCC[NH3+]. The van der Waals surface area contributed by atoms with Crippen molar-refractivity contribution >= 4 is 11.9 Å².